The molecule has 0 saturated carbocycles. The van der Waals surface area contributed by atoms with Crippen LogP contribution in [0.1, 0.15) is 31.0 Å². The Morgan fingerprint density at radius 2 is 2.06 bits per heavy atom. The average Bonchev–Trinajstić information content (AvgIpc) is 2.69. The van der Waals surface area contributed by atoms with E-state index in [1.54, 1.807) is 7.11 Å². The maximum atomic E-state index is 5.94. The van der Waals surface area contributed by atoms with Crippen LogP contribution in [0.4, 0.5) is 5.69 Å². The molecule has 0 spiro atoms. The number of nitrogens with zero attached hydrogens (tertiary/aromatic N) is 1. The summed E-state index contributed by atoms with van der Waals surface area (Å²) in [6, 6.07) is 6.03. The second-order valence-corrected chi connectivity index (χ2v) is 4.63. The van der Waals surface area contributed by atoms with Crippen LogP contribution >= 0.6 is 0 Å². The van der Waals surface area contributed by atoms with Crippen molar-refractivity contribution in [2.75, 3.05) is 12.8 Å². The summed E-state index contributed by atoms with van der Waals surface area (Å²) in [5.74, 6) is 1.77. The molecule has 0 bridgehead atoms. The monoisotopic (exact) mass is 246 g/mol. The molecule has 96 valence electrons. The molecule has 2 rings (SSSR count). The number of benzene rings is 1. The van der Waals surface area contributed by atoms with E-state index in [1.807, 2.05) is 19.1 Å². The number of nitrogen functional groups attached to an aromatic ring is 1. The molecular formula is C14H18N2O2. The topological polar surface area (TPSA) is 61.3 Å². The molecule has 0 aliphatic heterocycles. The number of ether oxygens (including phenoxy) is 1. The summed E-state index contributed by atoms with van der Waals surface area (Å²) in [6.07, 6.45) is 0. The molecule has 2 aromatic rings. The molecule has 0 saturated heterocycles. The van der Waals surface area contributed by atoms with Crippen molar-refractivity contribution in [2.45, 2.75) is 26.7 Å². The van der Waals surface area contributed by atoms with E-state index >= 15 is 0 Å². The minimum absolute atomic E-state index is 0.446. The van der Waals surface area contributed by atoms with Crippen molar-refractivity contribution in [1.82, 2.24) is 5.16 Å². The summed E-state index contributed by atoms with van der Waals surface area (Å²) in [4.78, 5) is 0. The van der Waals surface area contributed by atoms with Crippen molar-refractivity contribution in [2.24, 2.45) is 0 Å². The van der Waals surface area contributed by atoms with E-state index in [2.05, 4.69) is 25.1 Å². The van der Waals surface area contributed by atoms with Gasteiger partial charge in [-0.25, -0.2) is 0 Å². The van der Waals surface area contributed by atoms with Gasteiger partial charge in [-0.1, -0.05) is 25.1 Å². The smallest absolute Gasteiger partial charge is 0.193 e. The third-order valence-corrected chi connectivity index (χ3v) is 3.05. The van der Waals surface area contributed by atoms with Crippen molar-refractivity contribution >= 4 is 5.69 Å². The van der Waals surface area contributed by atoms with Gasteiger partial charge in [-0.3, -0.25) is 0 Å². The number of rotatable bonds is 3. The normalized spacial score (nSPS) is 10.9. The predicted octanol–water partition coefficient (Wildman–Crippen LogP) is 3.36. The van der Waals surface area contributed by atoms with Gasteiger partial charge in [0.05, 0.1) is 12.7 Å². The number of hydrogen-bond donors (Lipinski definition) is 1. The zero-order chi connectivity index (χ0) is 13.3. The third kappa shape index (κ3) is 2.06. The van der Waals surface area contributed by atoms with E-state index in [4.69, 9.17) is 15.0 Å². The maximum Gasteiger partial charge on any atom is 0.193 e. The van der Waals surface area contributed by atoms with E-state index in [-0.39, 0.29) is 0 Å². The molecule has 1 aromatic carbocycles. The van der Waals surface area contributed by atoms with Crippen LogP contribution in [0.5, 0.6) is 5.75 Å². The van der Waals surface area contributed by atoms with Crippen LogP contribution < -0.4 is 10.5 Å². The van der Waals surface area contributed by atoms with Gasteiger partial charge in [-0.15, -0.1) is 0 Å². The minimum Gasteiger partial charge on any atom is -0.496 e. The highest BCUT2D eigenvalue weighted by molar-refractivity contribution is 5.77. The van der Waals surface area contributed by atoms with Crippen LogP contribution in [-0.4, -0.2) is 12.3 Å². The quantitative estimate of drug-likeness (QED) is 0.902. The molecule has 1 heterocycles. The lowest BCUT2D eigenvalue weighted by Crippen LogP contribution is -1.94. The average molecular weight is 246 g/mol. The van der Waals surface area contributed by atoms with Crippen molar-refractivity contribution in [1.29, 1.82) is 0 Å². The number of methoxy groups -OCH3 is 1. The number of aromatic nitrogens is 1. The molecule has 1 aromatic heterocycles. The molecule has 0 aliphatic carbocycles. The Labute approximate surface area is 107 Å². The lowest BCUT2D eigenvalue weighted by Gasteiger charge is -2.11. The van der Waals surface area contributed by atoms with Gasteiger partial charge in [-0.05, 0) is 30.5 Å². The van der Waals surface area contributed by atoms with Gasteiger partial charge in [0.2, 0.25) is 0 Å². The fourth-order valence-electron chi connectivity index (χ4n) is 1.83. The van der Waals surface area contributed by atoms with Crippen LogP contribution in [0, 0.1) is 6.92 Å². The second kappa shape index (κ2) is 4.72. The Bertz CT molecular complexity index is 559. The molecule has 0 unspecified atom stereocenters. The maximum absolute atomic E-state index is 5.94. The third-order valence-electron chi connectivity index (χ3n) is 3.05. The summed E-state index contributed by atoms with van der Waals surface area (Å²) in [6.45, 7) is 6.10. The van der Waals surface area contributed by atoms with E-state index < -0.39 is 0 Å². The molecule has 0 amide bonds. The first kappa shape index (κ1) is 12.5. The number of hydrogen-bond acceptors (Lipinski definition) is 4. The van der Waals surface area contributed by atoms with Gasteiger partial charge in [0.25, 0.3) is 0 Å². The Morgan fingerprint density at radius 1 is 1.33 bits per heavy atom. The number of anilines is 1. The van der Waals surface area contributed by atoms with Gasteiger partial charge >= 0.3 is 0 Å². The SMILES string of the molecule is COc1cc(C(C)C)ccc1-c1onc(C)c1N. The summed E-state index contributed by atoms with van der Waals surface area (Å²) >= 11 is 0. The molecule has 2 N–H and O–H groups in total. The molecule has 18 heavy (non-hydrogen) atoms. The van der Waals surface area contributed by atoms with Crippen molar-refractivity contribution < 1.29 is 9.26 Å². The highest BCUT2D eigenvalue weighted by atomic mass is 16.5. The highest BCUT2D eigenvalue weighted by Crippen LogP contribution is 2.36. The summed E-state index contributed by atoms with van der Waals surface area (Å²) < 4.78 is 10.7. The van der Waals surface area contributed by atoms with Gasteiger partial charge in [-0.2, -0.15) is 0 Å². The molecule has 4 heteroatoms. The van der Waals surface area contributed by atoms with Gasteiger partial charge in [0.1, 0.15) is 17.1 Å². The Morgan fingerprint density at radius 3 is 2.56 bits per heavy atom. The van der Waals surface area contributed by atoms with E-state index in [1.165, 1.54) is 5.56 Å². The van der Waals surface area contributed by atoms with Gasteiger partial charge < -0.3 is 15.0 Å². The highest BCUT2D eigenvalue weighted by Gasteiger charge is 2.17. The number of nitrogens with two attached hydrogens (primary N) is 1. The zero-order valence-electron chi connectivity index (χ0n) is 11.2. The number of aryl methyl sites for hydroxylation is 1. The largest absolute Gasteiger partial charge is 0.496 e. The Hall–Kier alpha value is -1.97. The van der Waals surface area contributed by atoms with Crippen LogP contribution in [0.15, 0.2) is 22.7 Å². The van der Waals surface area contributed by atoms with Crippen LogP contribution in [0.3, 0.4) is 0 Å². The molecule has 4 nitrogen and oxygen atoms in total. The lowest BCUT2D eigenvalue weighted by molar-refractivity contribution is 0.404. The Balaban J connectivity index is 2.54. The van der Waals surface area contributed by atoms with Crippen LogP contribution in [0.25, 0.3) is 11.3 Å². The summed E-state index contributed by atoms with van der Waals surface area (Å²) in [7, 11) is 1.64. The first-order valence-electron chi connectivity index (χ1n) is 5.94. The fraction of sp³-hybridized carbons (Fsp3) is 0.357. The minimum atomic E-state index is 0.446. The molecule has 0 aliphatic rings. The summed E-state index contributed by atoms with van der Waals surface area (Å²) in [5.41, 5.74) is 9.25. The van der Waals surface area contributed by atoms with Crippen molar-refractivity contribution in [3.63, 3.8) is 0 Å². The first-order chi connectivity index (χ1) is 8.54. The standard InChI is InChI=1S/C14H18N2O2/c1-8(2)10-5-6-11(12(7-10)17-4)14-13(15)9(3)16-18-14/h5-8H,15H2,1-4H3. The predicted molar refractivity (Wildman–Crippen MR) is 71.7 cm³/mol. The van der Waals surface area contributed by atoms with Crippen molar-refractivity contribution in [3.05, 3.63) is 29.5 Å². The van der Waals surface area contributed by atoms with Crippen LogP contribution in [0.2, 0.25) is 0 Å². The van der Waals surface area contributed by atoms with Crippen molar-refractivity contribution in [3.8, 4) is 17.1 Å². The molecule has 0 atom stereocenters. The van der Waals surface area contributed by atoms with Gasteiger partial charge in [0, 0.05) is 0 Å². The first-order valence-corrected chi connectivity index (χ1v) is 5.94. The molecule has 0 radical (unpaired) electrons. The second-order valence-electron chi connectivity index (χ2n) is 4.63. The Kier molecular flexibility index (Phi) is 3.28. The van der Waals surface area contributed by atoms with Crippen LogP contribution in [-0.2, 0) is 0 Å². The molecule has 0 fully saturated rings. The van der Waals surface area contributed by atoms with E-state index in [0.29, 0.717) is 23.1 Å². The van der Waals surface area contributed by atoms with Gasteiger partial charge in [0.15, 0.2) is 5.76 Å². The molecular weight excluding hydrogens is 228 g/mol. The summed E-state index contributed by atoms with van der Waals surface area (Å²) in [5, 5.41) is 3.87. The fourth-order valence-corrected chi connectivity index (χ4v) is 1.83. The van der Waals surface area contributed by atoms with E-state index in [9.17, 15) is 0 Å². The zero-order valence-corrected chi connectivity index (χ0v) is 11.2. The van der Waals surface area contributed by atoms with E-state index in [0.717, 1.165) is 11.3 Å². The lowest BCUT2D eigenvalue weighted by atomic mass is 9.99.